The van der Waals surface area contributed by atoms with Gasteiger partial charge in [-0.05, 0) is 30.5 Å². The lowest BCUT2D eigenvalue weighted by Gasteiger charge is -2.08. The van der Waals surface area contributed by atoms with E-state index in [0.29, 0.717) is 17.4 Å². The fourth-order valence-corrected chi connectivity index (χ4v) is 2.73. The molecule has 78 valence electrons. The maximum absolute atomic E-state index is 11.9. The van der Waals surface area contributed by atoms with Crippen LogP contribution in [0.3, 0.4) is 0 Å². The predicted octanol–water partition coefficient (Wildman–Crippen LogP) is 2.34. The molecule has 2 nitrogen and oxygen atoms in total. The van der Waals surface area contributed by atoms with Crippen LogP contribution < -0.4 is 5.73 Å². The molecule has 0 amide bonds. The highest BCUT2D eigenvalue weighted by molar-refractivity contribution is 7.85. The van der Waals surface area contributed by atoms with Gasteiger partial charge in [0.25, 0.3) is 0 Å². The molecule has 1 atom stereocenters. The fourth-order valence-electron chi connectivity index (χ4n) is 1.25. The standard InChI is InChI=1S/C11H17NOS/c1-8(2)7-14(13)11-6-10(12)5-4-9(11)3/h4-6,8H,7,12H2,1-3H3. The average molecular weight is 211 g/mol. The molecular weight excluding hydrogens is 194 g/mol. The Morgan fingerprint density at radius 2 is 2.07 bits per heavy atom. The van der Waals surface area contributed by atoms with Gasteiger partial charge in [-0.25, -0.2) is 0 Å². The third-order valence-electron chi connectivity index (χ3n) is 1.94. The summed E-state index contributed by atoms with van der Waals surface area (Å²) in [6, 6.07) is 5.57. The van der Waals surface area contributed by atoms with Crippen molar-refractivity contribution in [2.24, 2.45) is 5.92 Å². The second-order valence-electron chi connectivity index (χ2n) is 3.93. The van der Waals surface area contributed by atoms with Crippen LogP contribution in [-0.4, -0.2) is 9.96 Å². The van der Waals surface area contributed by atoms with E-state index in [1.165, 1.54) is 0 Å². The normalized spacial score (nSPS) is 13.1. The molecule has 1 aromatic carbocycles. The lowest BCUT2D eigenvalue weighted by atomic mass is 10.2. The Kier molecular flexibility index (Phi) is 3.69. The van der Waals surface area contributed by atoms with Crippen LogP contribution in [0.2, 0.25) is 0 Å². The molecule has 1 aromatic rings. The average Bonchev–Trinajstić information content (AvgIpc) is 2.08. The Labute approximate surface area is 88.0 Å². The van der Waals surface area contributed by atoms with Crippen molar-refractivity contribution in [3.05, 3.63) is 23.8 Å². The van der Waals surface area contributed by atoms with E-state index in [9.17, 15) is 4.21 Å². The smallest absolute Gasteiger partial charge is 0.0535 e. The lowest BCUT2D eigenvalue weighted by Crippen LogP contribution is -2.06. The summed E-state index contributed by atoms with van der Waals surface area (Å²) in [5.74, 6) is 1.14. The molecule has 1 unspecified atom stereocenters. The van der Waals surface area contributed by atoms with E-state index in [0.717, 1.165) is 10.5 Å². The highest BCUT2D eigenvalue weighted by Gasteiger charge is 2.09. The number of anilines is 1. The van der Waals surface area contributed by atoms with Crippen molar-refractivity contribution in [1.82, 2.24) is 0 Å². The summed E-state index contributed by atoms with van der Waals surface area (Å²) in [6.07, 6.45) is 0. The maximum atomic E-state index is 11.9. The SMILES string of the molecule is Cc1ccc(N)cc1S(=O)CC(C)C. The molecule has 0 heterocycles. The van der Waals surface area contributed by atoms with E-state index in [1.807, 2.05) is 25.1 Å². The molecule has 2 N–H and O–H groups in total. The van der Waals surface area contributed by atoms with Crippen molar-refractivity contribution in [3.8, 4) is 0 Å². The Hall–Kier alpha value is -0.830. The highest BCUT2D eigenvalue weighted by Crippen LogP contribution is 2.18. The van der Waals surface area contributed by atoms with Gasteiger partial charge >= 0.3 is 0 Å². The molecule has 14 heavy (non-hydrogen) atoms. The molecule has 0 aliphatic carbocycles. The number of hydrogen-bond acceptors (Lipinski definition) is 2. The first-order chi connectivity index (χ1) is 6.50. The first-order valence-corrected chi connectivity index (χ1v) is 6.07. The molecule has 0 spiro atoms. The zero-order valence-corrected chi connectivity index (χ0v) is 9.73. The summed E-state index contributed by atoms with van der Waals surface area (Å²) in [4.78, 5) is 0.874. The van der Waals surface area contributed by atoms with Crippen molar-refractivity contribution in [2.45, 2.75) is 25.7 Å². The van der Waals surface area contributed by atoms with E-state index in [1.54, 1.807) is 0 Å². The monoisotopic (exact) mass is 211 g/mol. The van der Waals surface area contributed by atoms with Gasteiger partial charge in [-0.15, -0.1) is 0 Å². The van der Waals surface area contributed by atoms with Gasteiger partial charge in [0.05, 0.1) is 10.8 Å². The fraction of sp³-hybridized carbons (Fsp3) is 0.455. The summed E-state index contributed by atoms with van der Waals surface area (Å²) in [5.41, 5.74) is 7.40. The predicted molar refractivity (Wildman–Crippen MR) is 61.7 cm³/mol. The number of aryl methyl sites for hydroxylation is 1. The topological polar surface area (TPSA) is 43.1 Å². The third-order valence-corrected chi connectivity index (χ3v) is 3.84. The minimum absolute atomic E-state index is 0.441. The van der Waals surface area contributed by atoms with Gasteiger partial charge in [0, 0.05) is 16.3 Å². The van der Waals surface area contributed by atoms with E-state index in [4.69, 9.17) is 5.73 Å². The number of benzene rings is 1. The minimum Gasteiger partial charge on any atom is -0.399 e. The van der Waals surface area contributed by atoms with Gasteiger partial charge in [-0.2, -0.15) is 0 Å². The van der Waals surface area contributed by atoms with Crippen molar-refractivity contribution in [3.63, 3.8) is 0 Å². The van der Waals surface area contributed by atoms with E-state index in [2.05, 4.69) is 13.8 Å². The Morgan fingerprint density at radius 1 is 1.43 bits per heavy atom. The van der Waals surface area contributed by atoms with E-state index in [-0.39, 0.29) is 0 Å². The second-order valence-corrected chi connectivity index (χ2v) is 5.40. The molecule has 0 bridgehead atoms. The number of nitrogen functional groups attached to an aromatic ring is 1. The lowest BCUT2D eigenvalue weighted by molar-refractivity contribution is 0.664. The molecule has 0 fully saturated rings. The van der Waals surface area contributed by atoms with Gasteiger partial charge in [-0.3, -0.25) is 4.21 Å². The van der Waals surface area contributed by atoms with Gasteiger partial charge in [0.2, 0.25) is 0 Å². The molecule has 1 rings (SSSR count). The molecule has 0 saturated heterocycles. The molecule has 0 aromatic heterocycles. The minimum atomic E-state index is -0.915. The van der Waals surface area contributed by atoms with Crippen LogP contribution in [0, 0.1) is 12.8 Å². The zero-order valence-electron chi connectivity index (χ0n) is 8.91. The molecule has 0 saturated carbocycles. The summed E-state index contributed by atoms with van der Waals surface area (Å²) in [6.45, 7) is 6.10. The van der Waals surface area contributed by atoms with Gasteiger partial charge in [0.1, 0.15) is 0 Å². The second kappa shape index (κ2) is 4.60. The van der Waals surface area contributed by atoms with Crippen molar-refractivity contribution < 1.29 is 4.21 Å². The van der Waals surface area contributed by atoms with Crippen LogP contribution in [0.15, 0.2) is 23.1 Å². The van der Waals surface area contributed by atoms with Crippen molar-refractivity contribution >= 4 is 16.5 Å². The van der Waals surface area contributed by atoms with Crippen LogP contribution in [-0.2, 0) is 10.8 Å². The molecule has 0 aliphatic heterocycles. The van der Waals surface area contributed by atoms with Crippen LogP contribution in [0.5, 0.6) is 0 Å². The molecule has 0 radical (unpaired) electrons. The Bertz CT molecular complexity index is 347. The quantitative estimate of drug-likeness (QED) is 0.780. The number of hydrogen-bond donors (Lipinski definition) is 1. The first-order valence-electron chi connectivity index (χ1n) is 4.75. The highest BCUT2D eigenvalue weighted by atomic mass is 32.2. The summed E-state index contributed by atoms with van der Waals surface area (Å²) < 4.78 is 11.9. The van der Waals surface area contributed by atoms with Crippen LogP contribution in [0.1, 0.15) is 19.4 Å². The van der Waals surface area contributed by atoms with Crippen molar-refractivity contribution in [1.29, 1.82) is 0 Å². The van der Waals surface area contributed by atoms with E-state index < -0.39 is 10.8 Å². The van der Waals surface area contributed by atoms with Gasteiger partial charge in [-0.1, -0.05) is 19.9 Å². The van der Waals surface area contributed by atoms with Crippen LogP contribution in [0.25, 0.3) is 0 Å². The molecule has 0 aliphatic rings. The number of nitrogens with two attached hydrogens (primary N) is 1. The van der Waals surface area contributed by atoms with Crippen LogP contribution in [0.4, 0.5) is 5.69 Å². The van der Waals surface area contributed by atoms with Gasteiger partial charge in [0.15, 0.2) is 0 Å². The largest absolute Gasteiger partial charge is 0.399 e. The summed E-state index contributed by atoms with van der Waals surface area (Å²) >= 11 is 0. The Balaban J connectivity index is 2.94. The molecule has 3 heteroatoms. The first kappa shape index (κ1) is 11.2. The number of rotatable bonds is 3. The summed E-state index contributed by atoms with van der Waals surface area (Å²) in [7, 11) is -0.915. The Morgan fingerprint density at radius 3 is 2.64 bits per heavy atom. The summed E-state index contributed by atoms with van der Waals surface area (Å²) in [5, 5.41) is 0. The van der Waals surface area contributed by atoms with E-state index >= 15 is 0 Å². The third kappa shape index (κ3) is 2.84. The molecular formula is C11H17NOS. The maximum Gasteiger partial charge on any atom is 0.0535 e. The van der Waals surface area contributed by atoms with Gasteiger partial charge < -0.3 is 5.73 Å². The van der Waals surface area contributed by atoms with Crippen LogP contribution >= 0.6 is 0 Å². The van der Waals surface area contributed by atoms with Crippen molar-refractivity contribution in [2.75, 3.05) is 11.5 Å². The zero-order chi connectivity index (χ0) is 10.7.